The minimum absolute atomic E-state index is 0.109. The van der Waals surface area contributed by atoms with Gasteiger partial charge in [0, 0.05) is 36.1 Å². The number of amides is 1. The Morgan fingerprint density at radius 2 is 1.79 bits per heavy atom. The third-order valence-electron chi connectivity index (χ3n) is 5.73. The van der Waals surface area contributed by atoms with Gasteiger partial charge in [-0.2, -0.15) is 5.10 Å². The van der Waals surface area contributed by atoms with E-state index in [1.54, 1.807) is 29.0 Å². The van der Waals surface area contributed by atoms with Gasteiger partial charge in [-0.1, -0.05) is 58.0 Å². The minimum Gasteiger partial charge on any atom is -0.350 e. The molecule has 1 unspecified atom stereocenters. The number of hydrogen-bond acceptors (Lipinski definition) is 5. The molecule has 4 aromatic rings. The lowest BCUT2D eigenvalue weighted by molar-refractivity contribution is 0.0938. The van der Waals surface area contributed by atoms with Crippen LogP contribution in [0.5, 0.6) is 0 Å². The molecule has 4 rings (SSSR count). The van der Waals surface area contributed by atoms with E-state index >= 15 is 0 Å². The molecule has 0 aliphatic carbocycles. The number of hydrogen-bond donors (Lipinski definition) is 1. The van der Waals surface area contributed by atoms with E-state index in [2.05, 4.69) is 41.1 Å². The molecule has 0 aliphatic heterocycles. The predicted molar refractivity (Wildman–Crippen MR) is 138 cm³/mol. The molecular formula is C27H34N6O. The molecule has 7 heteroatoms. The molecule has 1 N–H and O–H groups in total. The molecular weight excluding hydrogens is 424 g/mol. The highest BCUT2D eigenvalue weighted by Gasteiger charge is 2.15. The van der Waals surface area contributed by atoms with Crippen molar-refractivity contribution in [3.05, 3.63) is 72.7 Å². The lowest BCUT2D eigenvalue weighted by Crippen LogP contribution is -2.42. The first kappa shape index (κ1) is 25.1. The van der Waals surface area contributed by atoms with E-state index in [4.69, 9.17) is 4.98 Å². The van der Waals surface area contributed by atoms with Gasteiger partial charge in [-0.15, -0.1) is 0 Å². The summed E-state index contributed by atoms with van der Waals surface area (Å²) in [6, 6.07) is 15.8. The average Bonchev–Trinajstić information content (AvgIpc) is 3.33. The second-order valence-corrected chi connectivity index (χ2v) is 7.72. The lowest BCUT2D eigenvalue weighted by atomic mass is 10.1. The second-order valence-electron chi connectivity index (χ2n) is 7.72. The van der Waals surface area contributed by atoms with Crippen molar-refractivity contribution in [2.24, 2.45) is 0 Å². The Bertz CT molecular complexity index is 1200. The summed E-state index contributed by atoms with van der Waals surface area (Å²) in [7, 11) is 0. The standard InChI is InChI=1S/C25H28N6O.C2H6/c1-4-30(5-2)18(3)16-27-25(32)20-11-13-26-23(15-20)21-17-28-31-14-12-22(29-24(21)31)19-9-7-6-8-10-19;1-2/h6-15,17-18H,4-5,16H2,1-3H3,(H,27,32);1-2H3. The fraction of sp³-hybridized carbons (Fsp3) is 0.333. The molecule has 1 atom stereocenters. The zero-order valence-electron chi connectivity index (χ0n) is 20.7. The average molecular weight is 459 g/mol. The number of rotatable bonds is 8. The first-order valence-corrected chi connectivity index (χ1v) is 12.0. The predicted octanol–water partition coefficient (Wildman–Crippen LogP) is 4.94. The van der Waals surface area contributed by atoms with Crippen LogP contribution >= 0.6 is 0 Å². The number of nitrogens with zero attached hydrogens (tertiary/aromatic N) is 5. The van der Waals surface area contributed by atoms with Crippen LogP contribution in [-0.2, 0) is 0 Å². The number of aromatic nitrogens is 4. The van der Waals surface area contributed by atoms with Crippen molar-refractivity contribution in [2.45, 2.75) is 40.7 Å². The molecule has 0 spiro atoms. The van der Waals surface area contributed by atoms with Crippen LogP contribution in [0.4, 0.5) is 0 Å². The Balaban J connectivity index is 0.00000158. The number of carbonyl (C=O) groups excluding carboxylic acids is 1. The smallest absolute Gasteiger partial charge is 0.251 e. The fourth-order valence-corrected chi connectivity index (χ4v) is 3.86. The number of benzene rings is 1. The van der Waals surface area contributed by atoms with Crippen LogP contribution in [0.15, 0.2) is 67.1 Å². The van der Waals surface area contributed by atoms with Gasteiger partial charge in [0.2, 0.25) is 0 Å². The van der Waals surface area contributed by atoms with E-state index in [0.29, 0.717) is 23.4 Å². The molecule has 1 amide bonds. The summed E-state index contributed by atoms with van der Waals surface area (Å²) in [5, 5.41) is 7.45. The molecule has 3 heterocycles. The van der Waals surface area contributed by atoms with Crippen molar-refractivity contribution in [1.29, 1.82) is 0 Å². The van der Waals surface area contributed by atoms with Gasteiger partial charge in [-0.05, 0) is 38.2 Å². The lowest BCUT2D eigenvalue weighted by Gasteiger charge is -2.26. The maximum absolute atomic E-state index is 12.8. The van der Waals surface area contributed by atoms with Crippen molar-refractivity contribution < 1.29 is 4.79 Å². The van der Waals surface area contributed by atoms with Crippen LogP contribution in [0, 0.1) is 0 Å². The van der Waals surface area contributed by atoms with Crippen LogP contribution in [0.2, 0.25) is 0 Å². The third-order valence-corrected chi connectivity index (χ3v) is 5.73. The highest BCUT2D eigenvalue weighted by molar-refractivity contribution is 5.95. The molecule has 0 saturated heterocycles. The van der Waals surface area contributed by atoms with Gasteiger partial charge in [0.1, 0.15) is 0 Å². The van der Waals surface area contributed by atoms with Crippen molar-refractivity contribution in [2.75, 3.05) is 19.6 Å². The van der Waals surface area contributed by atoms with Gasteiger partial charge in [-0.3, -0.25) is 14.7 Å². The monoisotopic (exact) mass is 458 g/mol. The van der Waals surface area contributed by atoms with E-state index < -0.39 is 0 Å². The summed E-state index contributed by atoms with van der Waals surface area (Å²) in [5.41, 5.74) is 4.62. The third kappa shape index (κ3) is 5.66. The molecule has 0 radical (unpaired) electrons. The molecule has 0 bridgehead atoms. The first-order valence-electron chi connectivity index (χ1n) is 12.0. The second kappa shape index (κ2) is 12.0. The highest BCUT2D eigenvalue weighted by atomic mass is 16.1. The maximum atomic E-state index is 12.8. The minimum atomic E-state index is -0.109. The molecule has 0 fully saturated rings. The van der Waals surface area contributed by atoms with Crippen LogP contribution < -0.4 is 5.32 Å². The number of likely N-dealkylation sites (N-methyl/N-ethyl adjacent to an activating group) is 1. The molecule has 3 aromatic heterocycles. The fourth-order valence-electron chi connectivity index (χ4n) is 3.86. The van der Waals surface area contributed by atoms with Gasteiger partial charge in [0.05, 0.1) is 23.1 Å². The molecule has 7 nitrogen and oxygen atoms in total. The molecule has 1 aromatic carbocycles. The van der Waals surface area contributed by atoms with Gasteiger partial charge in [0.15, 0.2) is 5.65 Å². The summed E-state index contributed by atoms with van der Waals surface area (Å²) in [4.78, 5) is 24.4. The Labute approximate surface area is 201 Å². The van der Waals surface area contributed by atoms with Crippen LogP contribution in [0.3, 0.4) is 0 Å². The Morgan fingerprint density at radius 1 is 1.06 bits per heavy atom. The molecule has 0 aliphatic rings. The van der Waals surface area contributed by atoms with E-state index in [1.807, 2.05) is 56.4 Å². The van der Waals surface area contributed by atoms with E-state index in [9.17, 15) is 4.79 Å². The number of nitrogens with one attached hydrogen (secondary N) is 1. The van der Waals surface area contributed by atoms with Crippen LogP contribution in [0.25, 0.3) is 28.2 Å². The van der Waals surface area contributed by atoms with Crippen molar-refractivity contribution in [3.63, 3.8) is 0 Å². The Kier molecular flexibility index (Phi) is 8.87. The molecule has 0 saturated carbocycles. The van der Waals surface area contributed by atoms with Crippen molar-refractivity contribution >= 4 is 11.6 Å². The molecule has 34 heavy (non-hydrogen) atoms. The van der Waals surface area contributed by atoms with Gasteiger partial charge >= 0.3 is 0 Å². The quantitative estimate of drug-likeness (QED) is 0.405. The topological polar surface area (TPSA) is 75.4 Å². The molecule has 178 valence electrons. The SMILES string of the molecule is CC.CCN(CC)C(C)CNC(=O)c1ccnc(-c2cnn3ccc(-c4ccccc4)nc23)c1. The van der Waals surface area contributed by atoms with Crippen LogP contribution in [0.1, 0.15) is 45.0 Å². The number of carbonyl (C=O) groups is 1. The summed E-state index contributed by atoms with van der Waals surface area (Å²) in [6.45, 7) is 12.9. The summed E-state index contributed by atoms with van der Waals surface area (Å²) >= 11 is 0. The van der Waals surface area contributed by atoms with Crippen molar-refractivity contribution in [1.82, 2.24) is 29.8 Å². The van der Waals surface area contributed by atoms with Gasteiger partial charge in [0.25, 0.3) is 5.91 Å². The Hall–Kier alpha value is -3.58. The number of fused-ring (bicyclic) bond motifs is 1. The first-order chi connectivity index (χ1) is 16.6. The zero-order valence-corrected chi connectivity index (χ0v) is 20.7. The van der Waals surface area contributed by atoms with E-state index in [-0.39, 0.29) is 11.9 Å². The van der Waals surface area contributed by atoms with Crippen LogP contribution in [-0.4, -0.2) is 56.1 Å². The van der Waals surface area contributed by atoms with Gasteiger partial charge in [-0.25, -0.2) is 9.50 Å². The summed E-state index contributed by atoms with van der Waals surface area (Å²) in [6.07, 6.45) is 5.28. The van der Waals surface area contributed by atoms with Crippen molar-refractivity contribution in [3.8, 4) is 22.5 Å². The summed E-state index contributed by atoms with van der Waals surface area (Å²) < 4.78 is 1.72. The largest absolute Gasteiger partial charge is 0.350 e. The number of pyridine rings is 1. The maximum Gasteiger partial charge on any atom is 0.251 e. The normalized spacial score (nSPS) is 11.7. The van der Waals surface area contributed by atoms with Gasteiger partial charge < -0.3 is 5.32 Å². The summed E-state index contributed by atoms with van der Waals surface area (Å²) in [5.74, 6) is -0.109. The zero-order chi connectivity index (χ0) is 24.5. The highest BCUT2D eigenvalue weighted by Crippen LogP contribution is 2.25. The van der Waals surface area contributed by atoms with E-state index in [0.717, 1.165) is 29.9 Å². The van der Waals surface area contributed by atoms with E-state index in [1.165, 1.54) is 0 Å². The Morgan fingerprint density at radius 3 is 2.50 bits per heavy atom.